The van der Waals surface area contributed by atoms with E-state index in [1.54, 1.807) is 0 Å². The van der Waals surface area contributed by atoms with Crippen LogP contribution >= 0.6 is 27.5 Å². The number of hydrogen-bond donors (Lipinski definition) is 1. The molecule has 0 aliphatic rings. The van der Waals surface area contributed by atoms with Gasteiger partial charge in [-0.15, -0.1) is 0 Å². The first kappa shape index (κ1) is 22.1. The third-order valence-corrected chi connectivity index (χ3v) is 5.19. The smallest absolute Gasteiger partial charge is 0.175 e. The molecule has 2 aromatic rings. The van der Waals surface area contributed by atoms with Crippen molar-refractivity contribution < 1.29 is 9.47 Å². The highest BCUT2D eigenvalue weighted by Gasteiger charge is 2.13. The Bertz CT molecular complexity index is 709. The molecule has 0 saturated heterocycles. The molecule has 0 aliphatic heterocycles. The van der Waals surface area contributed by atoms with Crippen molar-refractivity contribution in [3.63, 3.8) is 0 Å². The van der Waals surface area contributed by atoms with Crippen LogP contribution in [0.25, 0.3) is 0 Å². The minimum absolute atomic E-state index is 0.396. The molecule has 2 aromatic carbocycles. The monoisotopic (exact) mass is 453 g/mol. The SMILES string of the molecule is CCCCCCNCc1cc(Br)c(OCc2ccccc2Cl)c(OCC)c1. The average molecular weight is 455 g/mol. The lowest BCUT2D eigenvalue weighted by Crippen LogP contribution is -2.15. The number of unbranched alkanes of at least 4 members (excludes halogenated alkanes) is 3. The summed E-state index contributed by atoms with van der Waals surface area (Å²) in [6, 6.07) is 11.8. The number of benzene rings is 2. The molecule has 0 radical (unpaired) electrons. The summed E-state index contributed by atoms with van der Waals surface area (Å²) in [5.41, 5.74) is 2.12. The second-order valence-electron chi connectivity index (χ2n) is 6.46. The van der Waals surface area contributed by atoms with Crippen LogP contribution in [0.1, 0.15) is 50.7 Å². The lowest BCUT2D eigenvalue weighted by Gasteiger charge is -2.16. The topological polar surface area (TPSA) is 30.5 Å². The molecule has 0 aliphatic carbocycles. The molecule has 0 bridgehead atoms. The lowest BCUT2D eigenvalue weighted by molar-refractivity contribution is 0.267. The van der Waals surface area contributed by atoms with Gasteiger partial charge in [-0.3, -0.25) is 0 Å². The fraction of sp³-hybridized carbons (Fsp3) is 0.455. The van der Waals surface area contributed by atoms with Crippen molar-refractivity contribution in [2.75, 3.05) is 13.2 Å². The molecule has 1 N–H and O–H groups in total. The average Bonchev–Trinajstić information content (AvgIpc) is 2.65. The minimum atomic E-state index is 0.396. The van der Waals surface area contributed by atoms with E-state index in [4.69, 9.17) is 21.1 Å². The number of hydrogen-bond acceptors (Lipinski definition) is 3. The van der Waals surface area contributed by atoms with Crippen LogP contribution in [-0.4, -0.2) is 13.2 Å². The van der Waals surface area contributed by atoms with Gasteiger partial charge in [0.25, 0.3) is 0 Å². The molecule has 0 fully saturated rings. The van der Waals surface area contributed by atoms with Crippen molar-refractivity contribution in [1.29, 1.82) is 0 Å². The van der Waals surface area contributed by atoms with Crippen molar-refractivity contribution in [2.24, 2.45) is 0 Å². The van der Waals surface area contributed by atoms with E-state index in [9.17, 15) is 0 Å². The van der Waals surface area contributed by atoms with Crippen molar-refractivity contribution in [3.05, 3.63) is 57.0 Å². The van der Waals surface area contributed by atoms with Crippen LogP contribution in [0, 0.1) is 0 Å². The van der Waals surface area contributed by atoms with Gasteiger partial charge in [-0.2, -0.15) is 0 Å². The second kappa shape index (κ2) is 12.3. The van der Waals surface area contributed by atoms with Gasteiger partial charge < -0.3 is 14.8 Å². The highest BCUT2D eigenvalue weighted by Crippen LogP contribution is 2.37. The molecular formula is C22H29BrClNO2. The van der Waals surface area contributed by atoms with Crippen molar-refractivity contribution in [1.82, 2.24) is 5.32 Å². The van der Waals surface area contributed by atoms with Crippen molar-refractivity contribution >= 4 is 27.5 Å². The molecule has 2 rings (SSSR count). The number of nitrogens with one attached hydrogen (secondary N) is 1. The predicted molar refractivity (Wildman–Crippen MR) is 117 cm³/mol. The number of halogens is 2. The van der Waals surface area contributed by atoms with E-state index in [1.807, 2.05) is 31.2 Å². The molecule has 5 heteroatoms. The fourth-order valence-corrected chi connectivity index (χ4v) is 3.60. The Balaban J connectivity index is 2.01. The molecule has 0 atom stereocenters. The zero-order valence-electron chi connectivity index (χ0n) is 16.2. The van der Waals surface area contributed by atoms with Crippen LogP contribution < -0.4 is 14.8 Å². The summed E-state index contributed by atoms with van der Waals surface area (Å²) in [5.74, 6) is 1.46. The summed E-state index contributed by atoms with van der Waals surface area (Å²) in [6.07, 6.45) is 5.07. The van der Waals surface area contributed by atoms with Crippen molar-refractivity contribution in [3.8, 4) is 11.5 Å². The highest BCUT2D eigenvalue weighted by atomic mass is 79.9. The van der Waals surface area contributed by atoms with Gasteiger partial charge in [-0.05, 0) is 59.6 Å². The molecule has 0 spiro atoms. The minimum Gasteiger partial charge on any atom is -0.490 e. The molecule has 0 aromatic heterocycles. The van der Waals surface area contributed by atoms with Gasteiger partial charge in [-0.25, -0.2) is 0 Å². The first-order valence-corrected chi connectivity index (χ1v) is 10.8. The summed E-state index contributed by atoms with van der Waals surface area (Å²) in [6.45, 7) is 7.04. The van der Waals surface area contributed by atoms with E-state index >= 15 is 0 Å². The maximum absolute atomic E-state index is 6.23. The second-order valence-corrected chi connectivity index (χ2v) is 7.72. The normalized spacial score (nSPS) is 10.8. The molecule has 0 heterocycles. The van der Waals surface area contributed by atoms with E-state index in [1.165, 1.54) is 31.2 Å². The molecular weight excluding hydrogens is 426 g/mol. The Morgan fingerprint density at radius 3 is 2.59 bits per heavy atom. The standard InChI is InChI=1S/C22H29BrClNO2/c1-3-5-6-9-12-25-15-17-13-19(23)22(21(14-17)26-4-2)27-16-18-10-7-8-11-20(18)24/h7-8,10-11,13-14,25H,3-6,9,12,15-16H2,1-2H3. The Morgan fingerprint density at radius 1 is 1.04 bits per heavy atom. The van der Waals surface area contributed by atoms with Crippen LogP contribution in [0.3, 0.4) is 0 Å². The largest absolute Gasteiger partial charge is 0.490 e. The Labute approximate surface area is 176 Å². The van der Waals surface area contributed by atoms with E-state index in [0.717, 1.165) is 28.9 Å². The highest BCUT2D eigenvalue weighted by molar-refractivity contribution is 9.10. The first-order valence-electron chi connectivity index (χ1n) is 9.67. The predicted octanol–water partition coefficient (Wildman–Crippen LogP) is 6.75. The van der Waals surface area contributed by atoms with Crippen LogP contribution in [0.4, 0.5) is 0 Å². The van der Waals surface area contributed by atoms with Crippen LogP contribution in [-0.2, 0) is 13.2 Å². The van der Waals surface area contributed by atoms with Gasteiger partial charge in [-0.1, -0.05) is 56.0 Å². The molecule has 148 valence electrons. The molecule has 27 heavy (non-hydrogen) atoms. The number of ether oxygens (including phenoxy) is 2. The van der Waals surface area contributed by atoms with Gasteiger partial charge >= 0.3 is 0 Å². The number of rotatable bonds is 12. The summed E-state index contributed by atoms with van der Waals surface area (Å²) < 4.78 is 12.7. The summed E-state index contributed by atoms with van der Waals surface area (Å²) in [4.78, 5) is 0. The van der Waals surface area contributed by atoms with E-state index in [2.05, 4.69) is 40.3 Å². The van der Waals surface area contributed by atoms with E-state index < -0.39 is 0 Å². The third-order valence-electron chi connectivity index (χ3n) is 4.24. The quantitative estimate of drug-likeness (QED) is 0.360. The first-order chi connectivity index (χ1) is 13.2. The summed E-state index contributed by atoms with van der Waals surface area (Å²) >= 11 is 9.87. The maximum Gasteiger partial charge on any atom is 0.175 e. The lowest BCUT2D eigenvalue weighted by atomic mass is 10.1. The van der Waals surface area contributed by atoms with Gasteiger partial charge in [0.1, 0.15) is 6.61 Å². The molecule has 3 nitrogen and oxygen atoms in total. The van der Waals surface area contributed by atoms with Gasteiger partial charge in [0.05, 0.1) is 11.1 Å². The Kier molecular flexibility index (Phi) is 10.0. The fourth-order valence-electron chi connectivity index (χ4n) is 2.80. The zero-order valence-corrected chi connectivity index (χ0v) is 18.5. The van der Waals surface area contributed by atoms with Crippen LogP contribution in [0.5, 0.6) is 11.5 Å². The molecule has 0 amide bonds. The van der Waals surface area contributed by atoms with Crippen molar-refractivity contribution in [2.45, 2.75) is 52.7 Å². The van der Waals surface area contributed by atoms with E-state index in [0.29, 0.717) is 24.0 Å². The summed E-state index contributed by atoms with van der Waals surface area (Å²) in [7, 11) is 0. The third kappa shape index (κ3) is 7.36. The Morgan fingerprint density at radius 2 is 1.85 bits per heavy atom. The molecule has 0 unspecified atom stereocenters. The van der Waals surface area contributed by atoms with Crippen LogP contribution in [0.15, 0.2) is 40.9 Å². The van der Waals surface area contributed by atoms with Crippen LogP contribution in [0.2, 0.25) is 5.02 Å². The molecule has 0 saturated carbocycles. The zero-order chi connectivity index (χ0) is 19.5. The summed E-state index contributed by atoms with van der Waals surface area (Å²) in [5, 5.41) is 4.21. The maximum atomic E-state index is 6.23. The van der Waals surface area contributed by atoms with E-state index in [-0.39, 0.29) is 0 Å². The Hall–Kier alpha value is -1.23. The van der Waals surface area contributed by atoms with Gasteiger partial charge in [0.2, 0.25) is 0 Å². The van der Waals surface area contributed by atoms with Gasteiger partial charge in [0.15, 0.2) is 11.5 Å². The van der Waals surface area contributed by atoms with Gasteiger partial charge in [0, 0.05) is 17.1 Å².